The molecule has 2 atom stereocenters. The zero-order valence-corrected chi connectivity index (χ0v) is 18.2. The van der Waals surface area contributed by atoms with Gasteiger partial charge in [0.1, 0.15) is 5.75 Å². The number of carbonyl (C=O) groups is 1. The van der Waals surface area contributed by atoms with Crippen LogP contribution >= 0.6 is 43.5 Å². The predicted molar refractivity (Wildman–Crippen MR) is 114 cm³/mol. The highest BCUT2D eigenvalue weighted by Gasteiger charge is 2.40. The highest BCUT2D eigenvalue weighted by atomic mass is 79.9. The number of allylic oxidation sites excluding steroid dienone is 2. The Bertz CT molecular complexity index is 963. The minimum atomic E-state index is -0.278. The van der Waals surface area contributed by atoms with Crippen molar-refractivity contribution in [2.24, 2.45) is 11.0 Å². The molecule has 27 heavy (non-hydrogen) atoms. The summed E-state index contributed by atoms with van der Waals surface area (Å²) in [5, 5.41) is 4.93. The fraction of sp³-hybridized carbons (Fsp3) is 0.200. The molecule has 4 nitrogen and oxygen atoms in total. The third kappa shape index (κ3) is 3.46. The number of hydrazone groups is 1. The van der Waals surface area contributed by atoms with Gasteiger partial charge in [-0.15, -0.1) is 0 Å². The Morgan fingerprint density at radius 1 is 1.19 bits per heavy atom. The van der Waals surface area contributed by atoms with Gasteiger partial charge in [-0.3, -0.25) is 4.79 Å². The van der Waals surface area contributed by atoms with Crippen LogP contribution in [0.3, 0.4) is 0 Å². The molecule has 1 amide bonds. The Balaban J connectivity index is 1.78. The molecule has 0 bridgehead atoms. The van der Waals surface area contributed by atoms with E-state index in [0.717, 1.165) is 43.5 Å². The van der Waals surface area contributed by atoms with Gasteiger partial charge in [-0.25, -0.2) is 5.43 Å². The van der Waals surface area contributed by atoms with Crippen LogP contribution in [0.25, 0.3) is 5.57 Å². The first-order chi connectivity index (χ1) is 13.0. The number of carbonyl (C=O) groups excluding carboxylic acids is 1. The fourth-order valence-corrected chi connectivity index (χ4v) is 5.29. The number of amides is 1. The molecule has 1 N–H and O–H groups in total. The molecule has 138 valence electrons. The summed E-state index contributed by atoms with van der Waals surface area (Å²) in [5.41, 5.74) is 6.63. The van der Waals surface area contributed by atoms with Gasteiger partial charge in [0.15, 0.2) is 0 Å². The van der Waals surface area contributed by atoms with Crippen LogP contribution in [0.1, 0.15) is 23.5 Å². The SMILES string of the molecule is COc1c(Br)cc(C2=CC3=NNC(=O)C3C(c3ccc(Cl)cc3)C2)cc1Br. The van der Waals surface area contributed by atoms with Crippen molar-refractivity contribution in [3.63, 3.8) is 0 Å². The van der Waals surface area contributed by atoms with Crippen molar-refractivity contribution in [1.29, 1.82) is 0 Å². The van der Waals surface area contributed by atoms with E-state index >= 15 is 0 Å². The summed E-state index contributed by atoms with van der Waals surface area (Å²) in [6.45, 7) is 0. The lowest BCUT2D eigenvalue weighted by Gasteiger charge is -2.28. The van der Waals surface area contributed by atoms with Crippen molar-refractivity contribution >= 4 is 60.7 Å². The third-order valence-corrected chi connectivity index (χ3v) is 6.36. The van der Waals surface area contributed by atoms with E-state index in [1.54, 1.807) is 7.11 Å². The summed E-state index contributed by atoms with van der Waals surface area (Å²) in [6, 6.07) is 11.7. The largest absolute Gasteiger partial charge is 0.494 e. The molecule has 7 heteroatoms. The quantitative estimate of drug-likeness (QED) is 0.589. The first-order valence-electron chi connectivity index (χ1n) is 8.35. The van der Waals surface area contributed by atoms with Crippen LogP contribution < -0.4 is 10.2 Å². The third-order valence-electron chi connectivity index (χ3n) is 4.93. The molecule has 0 spiro atoms. The highest BCUT2D eigenvalue weighted by Crippen LogP contribution is 2.44. The molecule has 1 aliphatic heterocycles. The summed E-state index contributed by atoms with van der Waals surface area (Å²) in [7, 11) is 1.64. The molecule has 2 aromatic rings. The van der Waals surface area contributed by atoms with Crippen LogP contribution in [0.5, 0.6) is 5.75 Å². The monoisotopic (exact) mass is 508 g/mol. The Morgan fingerprint density at radius 3 is 2.48 bits per heavy atom. The molecule has 1 aliphatic carbocycles. The number of hydrogen-bond donors (Lipinski definition) is 1. The van der Waals surface area contributed by atoms with Crippen molar-refractivity contribution in [2.75, 3.05) is 7.11 Å². The fourth-order valence-electron chi connectivity index (χ4n) is 3.66. The Hall–Kier alpha value is -1.63. The lowest BCUT2D eigenvalue weighted by atomic mass is 9.73. The second-order valence-electron chi connectivity index (χ2n) is 6.50. The van der Waals surface area contributed by atoms with Gasteiger partial charge in [0, 0.05) is 10.9 Å². The van der Waals surface area contributed by atoms with Gasteiger partial charge in [-0.2, -0.15) is 5.10 Å². The van der Waals surface area contributed by atoms with Gasteiger partial charge in [0.25, 0.3) is 0 Å². The molecule has 4 rings (SSSR count). The minimum Gasteiger partial charge on any atom is -0.494 e. The standard InChI is InChI=1S/C20H15Br2ClN2O2/c1-27-19-15(21)7-12(8-16(19)22)11-6-14(10-2-4-13(23)5-3-10)18-17(9-11)24-25-20(18)26/h2-5,7-9,14,18H,6H2,1H3,(H,25,26). The lowest BCUT2D eigenvalue weighted by molar-refractivity contribution is -0.122. The number of fused-ring (bicyclic) bond motifs is 1. The molecule has 2 aromatic carbocycles. The predicted octanol–water partition coefficient (Wildman–Crippen LogP) is 5.55. The van der Waals surface area contributed by atoms with Crippen LogP contribution in [0.15, 0.2) is 56.5 Å². The Labute approximate surface area is 178 Å². The molecule has 0 fully saturated rings. The second-order valence-corrected chi connectivity index (χ2v) is 8.64. The molecular weight excluding hydrogens is 495 g/mol. The van der Waals surface area contributed by atoms with Gasteiger partial charge < -0.3 is 4.74 Å². The number of methoxy groups -OCH3 is 1. The summed E-state index contributed by atoms with van der Waals surface area (Å²) >= 11 is 13.2. The maximum atomic E-state index is 12.4. The molecule has 0 radical (unpaired) electrons. The number of nitrogens with zero attached hydrogens (tertiary/aromatic N) is 1. The number of nitrogens with one attached hydrogen (secondary N) is 1. The average Bonchev–Trinajstić information content (AvgIpc) is 3.02. The van der Waals surface area contributed by atoms with Crippen molar-refractivity contribution in [1.82, 2.24) is 5.43 Å². The molecule has 0 saturated heterocycles. The smallest absolute Gasteiger partial charge is 0.249 e. The molecule has 2 aliphatic rings. The van der Waals surface area contributed by atoms with Crippen molar-refractivity contribution in [2.45, 2.75) is 12.3 Å². The average molecular weight is 511 g/mol. The van der Waals surface area contributed by atoms with Gasteiger partial charge >= 0.3 is 0 Å². The molecule has 2 unspecified atom stereocenters. The summed E-state index contributed by atoms with van der Waals surface area (Å²) in [4.78, 5) is 12.4. The topological polar surface area (TPSA) is 50.7 Å². The van der Waals surface area contributed by atoms with Crippen molar-refractivity contribution in [3.8, 4) is 5.75 Å². The van der Waals surface area contributed by atoms with E-state index in [4.69, 9.17) is 16.3 Å². The maximum absolute atomic E-state index is 12.4. The van der Waals surface area contributed by atoms with E-state index in [1.165, 1.54) is 0 Å². The zero-order valence-electron chi connectivity index (χ0n) is 14.3. The van der Waals surface area contributed by atoms with Crippen molar-refractivity contribution in [3.05, 3.63) is 67.6 Å². The van der Waals surface area contributed by atoms with Crippen LogP contribution in [-0.2, 0) is 4.79 Å². The number of rotatable bonds is 3. The molecule has 1 heterocycles. The van der Waals surface area contributed by atoms with Crippen LogP contribution in [0, 0.1) is 5.92 Å². The molecular formula is C20H15Br2ClN2O2. The van der Waals surface area contributed by atoms with E-state index in [0.29, 0.717) is 5.02 Å². The molecule has 0 saturated carbocycles. The maximum Gasteiger partial charge on any atom is 0.249 e. The van der Waals surface area contributed by atoms with Crippen LogP contribution in [0.4, 0.5) is 0 Å². The van der Waals surface area contributed by atoms with Gasteiger partial charge in [-0.05, 0) is 85.3 Å². The zero-order chi connectivity index (χ0) is 19.1. The van der Waals surface area contributed by atoms with Gasteiger partial charge in [-0.1, -0.05) is 23.7 Å². The summed E-state index contributed by atoms with van der Waals surface area (Å²) < 4.78 is 7.13. The van der Waals surface area contributed by atoms with E-state index in [1.807, 2.05) is 42.5 Å². The van der Waals surface area contributed by atoms with E-state index in [2.05, 4.69) is 42.4 Å². The minimum absolute atomic E-state index is 0.00293. The Morgan fingerprint density at radius 2 is 1.85 bits per heavy atom. The van der Waals surface area contributed by atoms with E-state index < -0.39 is 0 Å². The van der Waals surface area contributed by atoms with Crippen molar-refractivity contribution < 1.29 is 9.53 Å². The number of ether oxygens (including phenoxy) is 1. The van der Waals surface area contributed by atoms with Crippen LogP contribution in [-0.4, -0.2) is 18.7 Å². The van der Waals surface area contributed by atoms with Crippen LogP contribution in [0.2, 0.25) is 5.02 Å². The highest BCUT2D eigenvalue weighted by molar-refractivity contribution is 9.11. The first kappa shape index (κ1) is 18.7. The first-order valence-corrected chi connectivity index (χ1v) is 10.3. The number of hydrogen-bond acceptors (Lipinski definition) is 3. The van der Waals surface area contributed by atoms with Gasteiger partial charge in [0.05, 0.1) is 27.7 Å². The number of halogens is 3. The Kier molecular flexibility index (Phi) is 5.14. The molecule has 0 aromatic heterocycles. The second kappa shape index (κ2) is 7.41. The van der Waals surface area contributed by atoms with Gasteiger partial charge in [0.2, 0.25) is 5.91 Å². The van der Waals surface area contributed by atoms with E-state index in [-0.39, 0.29) is 17.7 Å². The lowest BCUT2D eigenvalue weighted by Crippen LogP contribution is -2.31. The van der Waals surface area contributed by atoms with E-state index in [9.17, 15) is 4.79 Å². The summed E-state index contributed by atoms with van der Waals surface area (Å²) in [6.07, 6.45) is 2.74. The normalized spacial score (nSPS) is 21.3. The number of benzene rings is 2. The summed E-state index contributed by atoms with van der Waals surface area (Å²) in [5.74, 6) is 0.415.